The summed E-state index contributed by atoms with van der Waals surface area (Å²) in [5, 5.41) is 3.99. The van der Waals surface area contributed by atoms with Crippen LogP contribution in [0.2, 0.25) is 10.0 Å². The third-order valence-corrected chi connectivity index (χ3v) is 5.40. The van der Waals surface area contributed by atoms with Gasteiger partial charge in [0, 0.05) is 37.3 Å². The Hall–Kier alpha value is -1.99. The molecule has 1 saturated heterocycles. The van der Waals surface area contributed by atoms with E-state index in [0.29, 0.717) is 48.3 Å². The molecular formula is C21H25Cl2N3O3. The number of morpholine rings is 1. The second-order valence-electron chi connectivity index (χ2n) is 6.83. The average molecular weight is 438 g/mol. The lowest BCUT2D eigenvalue weighted by Gasteiger charge is -2.33. The lowest BCUT2D eigenvalue weighted by atomic mass is 10.1. The standard InChI is InChI=1S/C21H25Cl2N3O3/c1-2-28-20-10-19(24)18(23)9-16(20)21(27)25-11-15-13-26(7-8-29-15)12-14-5-3-4-6-17(14)22/h3-6,9-10,15H,2,7-8,11-13,24H2,1H3,(H,25,27)/t15-/m0/s1. The highest BCUT2D eigenvalue weighted by atomic mass is 35.5. The number of benzene rings is 2. The topological polar surface area (TPSA) is 76.8 Å². The van der Waals surface area contributed by atoms with Crippen molar-refractivity contribution in [3.8, 4) is 5.75 Å². The van der Waals surface area contributed by atoms with Crippen molar-refractivity contribution in [2.45, 2.75) is 19.6 Å². The minimum Gasteiger partial charge on any atom is -0.493 e. The normalized spacial score (nSPS) is 17.1. The van der Waals surface area contributed by atoms with E-state index in [0.717, 1.165) is 23.7 Å². The monoisotopic (exact) mass is 437 g/mol. The van der Waals surface area contributed by atoms with Gasteiger partial charge >= 0.3 is 0 Å². The number of halogens is 2. The maximum atomic E-state index is 12.7. The largest absolute Gasteiger partial charge is 0.493 e. The Kier molecular flexibility index (Phi) is 7.61. The number of carbonyl (C=O) groups excluding carboxylic acids is 1. The number of hydrogen-bond acceptors (Lipinski definition) is 5. The predicted octanol–water partition coefficient (Wildman–Crippen LogP) is 3.61. The van der Waals surface area contributed by atoms with Crippen LogP contribution in [0.3, 0.4) is 0 Å². The van der Waals surface area contributed by atoms with Crippen molar-refractivity contribution < 1.29 is 14.3 Å². The van der Waals surface area contributed by atoms with E-state index >= 15 is 0 Å². The van der Waals surface area contributed by atoms with E-state index in [-0.39, 0.29) is 12.0 Å². The maximum Gasteiger partial charge on any atom is 0.255 e. The molecule has 29 heavy (non-hydrogen) atoms. The van der Waals surface area contributed by atoms with Crippen molar-refractivity contribution in [3.63, 3.8) is 0 Å². The van der Waals surface area contributed by atoms with Crippen LogP contribution in [0.5, 0.6) is 5.75 Å². The van der Waals surface area contributed by atoms with Gasteiger partial charge in [-0.3, -0.25) is 9.69 Å². The van der Waals surface area contributed by atoms with Gasteiger partial charge in [-0.15, -0.1) is 0 Å². The summed E-state index contributed by atoms with van der Waals surface area (Å²) in [5.74, 6) is 0.138. The summed E-state index contributed by atoms with van der Waals surface area (Å²) in [7, 11) is 0. The molecular weight excluding hydrogens is 413 g/mol. The van der Waals surface area contributed by atoms with Gasteiger partial charge < -0.3 is 20.5 Å². The first-order valence-electron chi connectivity index (χ1n) is 9.55. The van der Waals surface area contributed by atoms with Gasteiger partial charge in [0.2, 0.25) is 0 Å². The van der Waals surface area contributed by atoms with Gasteiger partial charge in [0.25, 0.3) is 5.91 Å². The molecule has 3 N–H and O–H groups in total. The molecule has 0 aliphatic carbocycles. The van der Waals surface area contributed by atoms with E-state index < -0.39 is 0 Å². The number of amides is 1. The molecule has 1 aliphatic heterocycles. The van der Waals surface area contributed by atoms with E-state index in [1.54, 1.807) is 6.07 Å². The lowest BCUT2D eigenvalue weighted by Crippen LogP contribution is -2.47. The van der Waals surface area contributed by atoms with E-state index in [9.17, 15) is 4.79 Å². The fourth-order valence-corrected chi connectivity index (χ4v) is 3.60. The molecule has 1 amide bonds. The van der Waals surface area contributed by atoms with Crippen LogP contribution < -0.4 is 15.8 Å². The fourth-order valence-electron chi connectivity index (χ4n) is 3.24. The van der Waals surface area contributed by atoms with Gasteiger partial charge in [0.15, 0.2) is 0 Å². The Morgan fingerprint density at radius 3 is 2.86 bits per heavy atom. The first-order chi connectivity index (χ1) is 14.0. The number of nitrogens with zero attached hydrogens (tertiary/aromatic N) is 1. The molecule has 1 atom stereocenters. The van der Waals surface area contributed by atoms with Gasteiger partial charge in [0.1, 0.15) is 5.75 Å². The second kappa shape index (κ2) is 10.2. The Morgan fingerprint density at radius 1 is 1.31 bits per heavy atom. The molecule has 0 saturated carbocycles. The quantitative estimate of drug-likeness (QED) is 0.646. The SMILES string of the molecule is CCOc1cc(N)c(Cl)cc1C(=O)NC[C@H]1CN(Cc2ccccc2Cl)CCO1. The third-order valence-electron chi connectivity index (χ3n) is 4.71. The summed E-state index contributed by atoms with van der Waals surface area (Å²) in [5.41, 5.74) is 7.63. The minimum atomic E-state index is -0.276. The lowest BCUT2D eigenvalue weighted by molar-refractivity contribution is -0.0292. The van der Waals surface area contributed by atoms with Crippen LogP contribution >= 0.6 is 23.2 Å². The summed E-state index contributed by atoms with van der Waals surface area (Å²) in [4.78, 5) is 15.0. The van der Waals surface area contributed by atoms with Crippen LogP contribution in [0.1, 0.15) is 22.8 Å². The van der Waals surface area contributed by atoms with Crippen molar-refractivity contribution >= 4 is 34.8 Å². The smallest absolute Gasteiger partial charge is 0.255 e. The molecule has 1 heterocycles. The summed E-state index contributed by atoms with van der Waals surface area (Å²) < 4.78 is 11.3. The van der Waals surface area contributed by atoms with Crippen molar-refractivity contribution in [2.75, 3.05) is 38.6 Å². The van der Waals surface area contributed by atoms with E-state index in [1.807, 2.05) is 31.2 Å². The van der Waals surface area contributed by atoms with Crippen molar-refractivity contribution in [2.24, 2.45) is 0 Å². The third kappa shape index (κ3) is 5.76. The zero-order valence-corrected chi connectivity index (χ0v) is 17.8. The van der Waals surface area contributed by atoms with Crippen LogP contribution in [0.15, 0.2) is 36.4 Å². The molecule has 1 fully saturated rings. The highest BCUT2D eigenvalue weighted by Crippen LogP contribution is 2.29. The highest BCUT2D eigenvalue weighted by molar-refractivity contribution is 6.33. The molecule has 6 nitrogen and oxygen atoms in total. The van der Waals surface area contributed by atoms with Crippen LogP contribution in [0, 0.1) is 0 Å². The van der Waals surface area contributed by atoms with Crippen LogP contribution in [-0.4, -0.2) is 49.8 Å². The van der Waals surface area contributed by atoms with E-state index in [4.69, 9.17) is 38.4 Å². The summed E-state index contributed by atoms with van der Waals surface area (Å²) in [6, 6.07) is 10.9. The predicted molar refractivity (Wildman–Crippen MR) is 116 cm³/mol. The second-order valence-corrected chi connectivity index (χ2v) is 7.65. The first-order valence-corrected chi connectivity index (χ1v) is 10.3. The molecule has 0 unspecified atom stereocenters. The molecule has 0 radical (unpaired) electrons. The number of ether oxygens (including phenoxy) is 2. The average Bonchev–Trinajstić information content (AvgIpc) is 2.71. The molecule has 8 heteroatoms. The molecule has 2 aromatic rings. The zero-order chi connectivity index (χ0) is 20.8. The molecule has 2 aromatic carbocycles. The molecule has 156 valence electrons. The van der Waals surface area contributed by atoms with Crippen molar-refractivity contribution in [1.29, 1.82) is 0 Å². The number of nitrogen functional groups attached to an aromatic ring is 1. The molecule has 1 aliphatic rings. The molecule has 0 spiro atoms. The Morgan fingerprint density at radius 2 is 2.10 bits per heavy atom. The van der Waals surface area contributed by atoms with Gasteiger partial charge in [0.05, 0.1) is 35.6 Å². The van der Waals surface area contributed by atoms with Crippen LogP contribution in [0.4, 0.5) is 5.69 Å². The van der Waals surface area contributed by atoms with E-state index in [1.165, 1.54) is 6.07 Å². The molecule has 3 rings (SSSR count). The van der Waals surface area contributed by atoms with Gasteiger partial charge in [-0.1, -0.05) is 41.4 Å². The molecule has 0 aromatic heterocycles. The summed E-state index contributed by atoms with van der Waals surface area (Å²) >= 11 is 12.4. The van der Waals surface area contributed by atoms with Gasteiger partial charge in [-0.05, 0) is 24.6 Å². The van der Waals surface area contributed by atoms with Gasteiger partial charge in [-0.25, -0.2) is 0 Å². The number of nitrogens with two attached hydrogens (primary N) is 1. The highest BCUT2D eigenvalue weighted by Gasteiger charge is 2.23. The Bertz CT molecular complexity index is 863. The summed E-state index contributed by atoms with van der Waals surface area (Å²) in [6.45, 7) is 5.51. The number of rotatable bonds is 7. The summed E-state index contributed by atoms with van der Waals surface area (Å²) in [6.07, 6.45) is -0.116. The van der Waals surface area contributed by atoms with Crippen LogP contribution in [-0.2, 0) is 11.3 Å². The number of nitrogens with one attached hydrogen (secondary N) is 1. The van der Waals surface area contributed by atoms with Gasteiger partial charge in [-0.2, -0.15) is 0 Å². The maximum absolute atomic E-state index is 12.7. The van der Waals surface area contributed by atoms with Crippen molar-refractivity contribution in [1.82, 2.24) is 10.2 Å². The van der Waals surface area contributed by atoms with Crippen molar-refractivity contribution in [3.05, 3.63) is 57.6 Å². The Balaban J connectivity index is 1.59. The van der Waals surface area contributed by atoms with Crippen LogP contribution in [0.25, 0.3) is 0 Å². The zero-order valence-electron chi connectivity index (χ0n) is 16.3. The van der Waals surface area contributed by atoms with E-state index in [2.05, 4.69) is 10.2 Å². The minimum absolute atomic E-state index is 0.116. The number of anilines is 1. The number of carbonyl (C=O) groups is 1. The number of hydrogen-bond donors (Lipinski definition) is 2. The molecule has 0 bridgehead atoms. The fraction of sp³-hybridized carbons (Fsp3) is 0.381. The first kappa shape index (κ1) is 21.7. The Labute approximate surface area is 180 Å².